The third-order valence-electron chi connectivity index (χ3n) is 2.16. The number of methoxy groups -OCH3 is 1. The molecule has 0 unspecified atom stereocenters. The van der Waals surface area contributed by atoms with E-state index in [2.05, 4.69) is 21.0 Å². The summed E-state index contributed by atoms with van der Waals surface area (Å²) in [7, 11) is 1.62. The van der Waals surface area contributed by atoms with Crippen molar-refractivity contribution in [1.29, 1.82) is 0 Å². The Bertz CT molecular complexity index is 505. The molecule has 0 spiro atoms. The maximum Gasteiger partial charge on any atom is 0.154 e. The minimum atomic E-state index is 0.524. The zero-order valence-electron chi connectivity index (χ0n) is 8.55. The van der Waals surface area contributed by atoms with E-state index in [0.29, 0.717) is 10.2 Å². The van der Waals surface area contributed by atoms with Gasteiger partial charge in [0.05, 0.1) is 18.4 Å². The van der Waals surface area contributed by atoms with Gasteiger partial charge in [0.1, 0.15) is 10.4 Å². The lowest BCUT2D eigenvalue weighted by Gasteiger charge is -2.02. The molecule has 0 N–H and O–H groups in total. The number of aldehydes is 1. The topological polar surface area (TPSA) is 44.1 Å². The normalized spacial score (nSPS) is 10.1. The van der Waals surface area contributed by atoms with E-state index in [-0.39, 0.29) is 0 Å². The van der Waals surface area contributed by atoms with Gasteiger partial charge in [-0.05, 0) is 40.2 Å². The first kappa shape index (κ1) is 10.9. The van der Waals surface area contributed by atoms with Crippen LogP contribution in [0.2, 0.25) is 0 Å². The van der Waals surface area contributed by atoms with Crippen molar-refractivity contribution in [3.8, 4) is 11.4 Å². The smallest absolute Gasteiger partial charge is 0.154 e. The molecule has 2 aromatic rings. The van der Waals surface area contributed by atoms with Gasteiger partial charge in [0.25, 0.3) is 0 Å². The predicted molar refractivity (Wildman–Crippen MR) is 63.2 cm³/mol. The fraction of sp³-hybridized carbons (Fsp3) is 0.0909. The molecule has 1 aromatic carbocycles. The lowest BCUT2D eigenvalue weighted by Crippen LogP contribution is -1.94. The molecule has 4 nitrogen and oxygen atoms in total. The molecule has 0 aliphatic carbocycles. The number of halogens is 1. The molecule has 0 aliphatic heterocycles. The van der Waals surface area contributed by atoms with Crippen LogP contribution in [0.1, 0.15) is 10.4 Å². The van der Waals surface area contributed by atoms with E-state index in [0.717, 1.165) is 17.7 Å². The standard InChI is InChI=1S/C11H9BrN2O2/c1-16-10-4-2-9(3-5-10)14-6-8(7-15)11(12)13-14/h2-7H,1H3. The van der Waals surface area contributed by atoms with Gasteiger partial charge in [-0.15, -0.1) is 0 Å². The van der Waals surface area contributed by atoms with Crippen LogP contribution in [0.5, 0.6) is 5.75 Å². The summed E-state index contributed by atoms with van der Waals surface area (Å²) in [6.45, 7) is 0. The third kappa shape index (κ3) is 1.99. The average Bonchev–Trinajstić information content (AvgIpc) is 2.71. The Balaban J connectivity index is 2.38. The molecule has 0 aliphatic rings. The zero-order valence-corrected chi connectivity index (χ0v) is 10.1. The van der Waals surface area contributed by atoms with Crippen LogP contribution in [0.25, 0.3) is 5.69 Å². The van der Waals surface area contributed by atoms with Gasteiger partial charge in [-0.3, -0.25) is 4.79 Å². The summed E-state index contributed by atoms with van der Waals surface area (Å²) in [5.41, 5.74) is 1.39. The summed E-state index contributed by atoms with van der Waals surface area (Å²) in [4.78, 5) is 10.7. The number of hydrogen-bond acceptors (Lipinski definition) is 3. The molecule has 1 aromatic heterocycles. The lowest BCUT2D eigenvalue weighted by atomic mass is 10.3. The average molecular weight is 281 g/mol. The minimum Gasteiger partial charge on any atom is -0.497 e. The van der Waals surface area contributed by atoms with Crippen molar-refractivity contribution >= 4 is 22.2 Å². The Kier molecular flexibility index (Phi) is 3.05. The van der Waals surface area contributed by atoms with E-state index < -0.39 is 0 Å². The third-order valence-corrected chi connectivity index (χ3v) is 2.78. The summed E-state index contributed by atoms with van der Waals surface area (Å²) in [6.07, 6.45) is 2.43. The van der Waals surface area contributed by atoms with Gasteiger partial charge in [0.2, 0.25) is 0 Å². The van der Waals surface area contributed by atoms with Crippen molar-refractivity contribution < 1.29 is 9.53 Å². The first-order valence-corrected chi connectivity index (χ1v) is 5.38. The van der Waals surface area contributed by atoms with Gasteiger partial charge in [0.15, 0.2) is 6.29 Å². The number of nitrogens with zero attached hydrogens (tertiary/aromatic N) is 2. The van der Waals surface area contributed by atoms with Gasteiger partial charge in [-0.1, -0.05) is 0 Å². The Morgan fingerprint density at radius 2 is 2.06 bits per heavy atom. The van der Waals surface area contributed by atoms with Crippen molar-refractivity contribution in [2.75, 3.05) is 7.11 Å². The van der Waals surface area contributed by atoms with Crippen molar-refractivity contribution in [2.45, 2.75) is 0 Å². The predicted octanol–water partition coefficient (Wildman–Crippen LogP) is 2.46. The molecule has 0 atom stereocenters. The van der Waals surface area contributed by atoms with Crippen LogP contribution in [-0.2, 0) is 0 Å². The van der Waals surface area contributed by atoms with E-state index in [1.165, 1.54) is 0 Å². The lowest BCUT2D eigenvalue weighted by molar-refractivity contribution is 0.112. The molecule has 16 heavy (non-hydrogen) atoms. The highest BCUT2D eigenvalue weighted by Crippen LogP contribution is 2.18. The van der Waals surface area contributed by atoms with E-state index >= 15 is 0 Å². The minimum absolute atomic E-state index is 0.524. The van der Waals surface area contributed by atoms with Crippen molar-refractivity contribution in [1.82, 2.24) is 9.78 Å². The number of hydrogen-bond donors (Lipinski definition) is 0. The van der Waals surface area contributed by atoms with E-state index in [9.17, 15) is 4.79 Å². The molecule has 0 saturated heterocycles. The number of carbonyl (C=O) groups excluding carboxylic acids is 1. The van der Waals surface area contributed by atoms with Crippen LogP contribution in [0, 0.1) is 0 Å². The van der Waals surface area contributed by atoms with E-state index in [4.69, 9.17) is 4.74 Å². The molecule has 0 amide bonds. The Labute approximate surface area is 101 Å². The summed E-state index contributed by atoms with van der Waals surface area (Å²) < 4.78 is 7.23. The number of rotatable bonds is 3. The number of carbonyl (C=O) groups is 1. The molecule has 1 heterocycles. The van der Waals surface area contributed by atoms with Gasteiger partial charge >= 0.3 is 0 Å². The largest absolute Gasteiger partial charge is 0.497 e. The van der Waals surface area contributed by atoms with Gasteiger partial charge in [0, 0.05) is 6.20 Å². The maximum atomic E-state index is 10.7. The highest BCUT2D eigenvalue weighted by molar-refractivity contribution is 9.10. The van der Waals surface area contributed by atoms with E-state index in [1.807, 2.05) is 24.3 Å². The zero-order chi connectivity index (χ0) is 11.5. The highest BCUT2D eigenvalue weighted by Gasteiger charge is 2.06. The second kappa shape index (κ2) is 4.49. The highest BCUT2D eigenvalue weighted by atomic mass is 79.9. The monoisotopic (exact) mass is 280 g/mol. The van der Waals surface area contributed by atoms with Crippen LogP contribution in [0.4, 0.5) is 0 Å². The number of aromatic nitrogens is 2. The van der Waals surface area contributed by atoms with Crippen LogP contribution >= 0.6 is 15.9 Å². The summed E-state index contributed by atoms with van der Waals surface area (Å²) in [6, 6.07) is 7.41. The molecule has 0 bridgehead atoms. The maximum absolute atomic E-state index is 10.7. The SMILES string of the molecule is COc1ccc(-n2cc(C=O)c(Br)n2)cc1. The number of benzene rings is 1. The summed E-state index contributed by atoms with van der Waals surface area (Å²) in [5, 5.41) is 4.17. The molecule has 0 saturated carbocycles. The van der Waals surface area contributed by atoms with Crippen LogP contribution in [-0.4, -0.2) is 23.2 Å². The molecule has 0 fully saturated rings. The van der Waals surface area contributed by atoms with Crippen LogP contribution < -0.4 is 4.74 Å². The molecular formula is C11H9BrN2O2. The molecular weight excluding hydrogens is 272 g/mol. The van der Waals surface area contributed by atoms with Crippen molar-refractivity contribution in [2.24, 2.45) is 0 Å². The molecule has 0 radical (unpaired) electrons. The fourth-order valence-corrected chi connectivity index (χ4v) is 1.68. The van der Waals surface area contributed by atoms with Gasteiger partial charge in [-0.2, -0.15) is 5.10 Å². The summed E-state index contributed by atoms with van der Waals surface area (Å²) >= 11 is 3.21. The molecule has 2 rings (SSSR count). The first-order valence-electron chi connectivity index (χ1n) is 4.59. The van der Waals surface area contributed by atoms with Gasteiger partial charge in [-0.25, -0.2) is 4.68 Å². The van der Waals surface area contributed by atoms with Gasteiger partial charge < -0.3 is 4.74 Å². The second-order valence-electron chi connectivity index (χ2n) is 3.14. The molecule has 82 valence electrons. The van der Waals surface area contributed by atoms with Crippen molar-refractivity contribution in [3.63, 3.8) is 0 Å². The quantitative estimate of drug-likeness (QED) is 0.812. The van der Waals surface area contributed by atoms with Crippen LogP contribution in [0.3, 0.4) is 0 Å². The Morgan fingerprint density at radius 1 is 1.38 bits per heavy atom. The fourth-order valence-electron chi connectivity index (χ4n) is 1.31. The summed E-state index contributed by atoms with van der Waals surface area (Å²) in [5.74, 6) is 0.783. The second-order valence-corrected chi connectivity index (χ2v) is 3.89. The van der Waals surface area contributed by atoms with E-state index in [1.54, 1.807) is 18.0 Å². The first-order chi connectivity index (χ1) is 7.74. The molecule has 5 heteroatoms. The number of ether oxygens (including phenoxy) is 1. The van der Waals surface area contributed by atoms with Crippen molar-refractivity contribution in [3.05, 3.63) is 40.6 Å². The van der Waals surface area contributed by atoms with Crippen LogP contribution in [0.15, 0.2) is 35.1 Å². The Hall–Kier alpha value is -1.62. The Morgan fingerprint density at radius 3 is 2.56 bits per heavy atom.